The highest BCUT2D eigenvalue weighted by atomic mass is 19.1. The van der Waals surface area contributed by atoms with Crippen molar-refractivity contribution in [2.45, 2.75) is 32.4 Å². The zero-order valence-electron chi connectivity index (χ0n) is 18.7. The number of carbonyl (C=O) groups excluding carboxylic acids is 2. The zero-order chi connectivity index (χ0) is 23.5. The molecule has 172 valence electrons. The molecule has 6 heteroatoms. The number of ether oxygens (including phenoxy) is 1. The molecule has 0 saturated heterocycles. The Morgan fingerprint density at radius 3 is 2.15 bits per heavy atom. The third-order valence-electron chi connectivity index (χ3n) is 5.20. The Labute approximate surface area is 194 Å². The SMILES string of the molecule is CCCNC(=O)[C@@H](Cc1ccccc1)N(Cc1ccccc1)C(=O)COc1ccccc1F. The number of benzene rings is 3. The molecule has 0 fully saturated rings. The van der Waals surface area contributed by atoms with Crippen LogP contribution in [-0.2, 0) is 22.6 Å². The minimum atomic E-state index is -0.740. The van der Waals surface area contributed by atoms with Crippen LogP contribution in [0.2, 0.25) is 0 Å². The Hall–Kier alpha value is -3.67. The van der Waals surface area contributed by atoms with Crippen LogP contribution in [-0.4, -0.2) is 35.9 Å². The molecule has 0 aliphatic carbocycles. The lowest BCUT2D eigenvalue weighted by molar-refractivity contribution is -0.142. The van der Waals surface area contributed by atoms with Crippen LogP contribution in [0.4, 0.5) is 4.39 Å². The standard InChI is InChI=1S/C27H29FN2O3/c1-2-17-29-27(32)24(18-21-11-5-3-6-12-21)30(19-22-13-7-4-8-14-22)26(31)20-33-25-16-10-9-15-23(25)28/h3-16,24H,2,17-20H2,1H3,(H,29,32)/t24-/m1/s1. The molecule has 2 amide bonds. The number of carbonyl (C=O) groups is 2. The van der Waals surface area contributed by atoms with Crippen molar-refractivity contribution in [2.75, 3.05) is 13.2 Å². The average molecular weight is 449 g/mol. The summed E-state index contributed by atoms with van der Waals surface area (Å²) in [5.74, 6) is -1.16. The van der Waals surface area contributed by atoms with Gasteiger partial charge in [-0.05, 0) is 29.7 Å². The highest BCUT2D eigenvalue weighted by molar-refractivity contribution is 5.88. The maximum Gasteiger partial charge on any atom is 0.261 e. The van der Waals surface area contributed by atoms with Crippen molar-refractivity contribution in [2.24, 2.45) is 0 Å². The number of nitrogens with one attached hydrogen (secondary N) is 1. The van der Waals surface area contributed by atoms with E-state index in [2.05, 4.69) is 5.32 Å². The second kappa shape index (κ2) is 12.4. The quantitative estimate of drug-likeness (QED) is 0.474. The van der Waals surface area contributed by atoms with Gasteiger partial charge < -0.3 is 15.0 Å². The van der Waals surface area contributed by atoms with E-state index in [1.807, 2.05) is 67.6 Å². The van der Waals surface area contributed by atoms with Gasteiger partial charge in [0.25, 0.3) is 5.91 Å². The molecule has 3 aromatic carbocycles. The molecule has 0 radical (unpaired) electrons. The second-order valence-corrected chi connectivity index (χ2v) is 7.72. The molecule has 0 bridgehead atoms. The Kier molecular flexibility index (Phi) is 9.00. The van der Waals surface area contributed by atoms with E-state index in [1.165, 1.54) is 17.0 Å². The molecule has 0 unspecified atom stereocenters. The molecule has 1 N–H and O–H groups in total. The van der Waals surface area contributed by atoms with Gasteiger partial charge in [0, 0.05) is 19.5 Å². The second-order valence-electron chi connectivity index (χ2n) is 7.72. The summed E-state index contributed by atoms with van der Waals surface area (Å²) in [4.78, 5) is 28.0. The summed E-state index contributed by atoms with van der Waals surface area (Å²) in [6.45, 7) is 2.35. The lowest BCUT2D eigenvalue weighted by Gasteiger charge is -2.31. The summed E-state index contributed by atoms with van der Waals surface area (Å²) < 4.78 is 19.5. The molecular weight excluding hydrogens is 419 g/mol. The molecule has 3 aromatic rings. The van der Waals surface area contributed by atoms with Crippen molar-refractivity contribution >= 4 is 11.8 Å². The van der Waals surface area contributed by atoms with Crippen LogP contribution in [0.3, 0.4) is 0 Å². The van der Waals surface area contributed by atoms with Gasteiger partial charge in [-0.2, -0.15) is 0 Å². The minimum absolute atomic E-state index is 0.000514. The highest BCUT2D eigenvalue weighted by Gasteiger charge is 2.30. The summed E-state index contributed by atoms with van der Waals surface area (Å²) in [5.41, 5.74) is 1.83. The van der Waals surface area contributed by atoms with E-state index in [9.17, 15) is 14.0 Å². The van der Waals surface area contributed by atoms with Gasteiger partial charge in [-0.25, -0.2) is 4.39 Å². The van der Waals surface area contributed by atoms with Crippen molar-refractivity contribution in [1.29, 1.82) is 0 Å². The first kappa shape index (κ1) is 24.0. The van der Waals surface area contributed by atoms with E-state index in [-0.39, 0.29) is 24.8 Å². The van der Waals surface area contributed by atoms with Crippen molar-refractivity contribution in [3.05, 3.63) is 102 Å². The van der Waals surface area contributed by atoms with Crippen LogP contribution in [0.25, 0.3) is 0 Å². The summed E-state index contributed by atoms with van der Waals surface area (Å²) in [5, 5.41) is 2.92. The van der Waals surface area contributed by atoms with Crippen LogP contribution >= 0.6 is 0 Å². The third-order valence-corrected chi connectivity index (χ3v) is 5.20. The van der Waals surface area contributed by atoms with Gasteiger partial charge in [0.2, 0.25) is 5.91 Å². The smallest absolute Gasteiger partial charge is 0.261 e. The molecule has 0 heterocycles. The van der Waals surface area contributed by atoms with Crippen LogP contribution < -0.4 is 10.1 Å². The fourth-order valence-electron chi connectivity index (χ4n) is 3.48. The number of hydrogen-bond acceptors (Lipinski definition) is 3. The van der Waals surface area contributed by atoms with Crippen molar-refractivity contribution in [3.8, 4) is 5.75 Å². The molecule has 0 spiro atoms. The number of amides is 2. The predicted octanol–water partition coefficient (Wildman–Crippen LogP) is 4.37. The number of hydrogen-bond donors (Lipinski definition) is 1. The maximum atomic E-state index is 14.0. The average Bonchev–Trinajstić information content (AvgIpc) is 2.85. The Balaban J connectivity index is 1.87. The highest BCUT2D eigenvalue weighted by Crippen LogP contribution is 2.18. The number of halogens is 1. The van der Waals surface area contributed by atoms with E-state index in [0.29, 0.717) is 13.0 Å². The Morgan fingerprint density at radius 1 is 0.909 bits per heavy atom. The fourth-order valence-corrected chi connectivity index (χ4v) is 3.48. The molecule has 0 aromatic heterocycles. The minimum Gasteiger partial charge on any atom is -0.481 e. The lowest BCUT2D eigenvalue weighted by Crippen LogP contribution is -2.51. The molecule has 0 saturated carbocycles. The molecule has 5 nitrogen and oxygen atoms in total. The molecule has 1 atom stereocenters. The van der Waals surface area contributed by atoms with Crippen molar-refractivity contribution in [1.82, 2.24) is 10.2 Å². The lowest BCUT2D eigenvalue weighted by atomic mass is 10.0. The van der Waals surface area contributed by atoms with E-state index in [1.54, 1.807) is 12.1 Å². The first-order chi connectivity index (χ1) is 16.1. The van der Waals surface area contributed by atoms with Gasteiger partial charge in [-0.1, -0.05) is 79.7 Å². The third kappa shape index (κ3) is 7.17. The van der Waals surface area contributed by atoms with Crippen LogP contribution in [0.15, 0.2) is 84.9 Å². The van der Waals surface area contributed by atoms with E-state index >= 15 is 0 Å². The molecule has 0 aliphatic rings. The summed E-state index contributed by atoms with van der Waals surface area (Å²) in [7, 11) is 0. The van der Waals surface area contributed by atoms with Gasteiger partial charge >= 0.3 is 0 Å². The Bertz CT molecular complexity index is 1030. The monoisotopic (exact) mass is 448 g/mol. The van der Waals surface area contributed by atoms with Gasteiger partial charge in [-0.3, -0.25) is 9.59 Å². The summed E-state index contributed by atoms with van der Waals surface area (Å²) in [6, 6.07) is 24.3. The molecule has 3 rings (SSSR count). The van der Waals surface area contributed by atoms with E-state index in [0.717, 1.165) is 17.5 Å². The van der Waals surface area contributed by atoms with E-state index in [4.69, 9.17) is 4.74 Å². The fraction of sp³-hybridized carbons (Fsp3) is 0.259. The number of nitrogens with zero attached hydrogens (tertiary/aromatic N) is 1. The first-order valence-electron chi connectivity index (χ1n) is 11.1. The Morgan fingerprint density at radius 2 is 1.52 bits per heavy atom. The van der Waals surface area contributed by atoms with Crippen LogP contribution in [0, 0.1) is 5.82 Å². The van der Waals surface area contributed by atoms with Crippen molar-refractivity contribution < 1.29 is 18.7 Å². The summed E-state index contributed by atoms with van der Waals surface area (Å²) >= 11 is 0. The zero-order valence-corrected chi connectivity index (χ0v) is 18.7. The molecule has 0 aliphatic heterocycles. The van der Waals surface area contributed by atoms with Crippen molar-refractivity contribution in [3.63, 3.8) is 0 Å². The normalized spacial score (nSPS) is 11.5. The topological polar surface area (TPSA) is 58.6 Å². The number of rotatable bonds is 11. The van der Waals surface area contributed by atoms with Gasteiger partial charge in [0.15, 0.2) is 18.2 Å². The van der Waals surface area contributed by atoms with Crippen LogP contribution in [0.5, 0.6) is 5.75 Å². The largest absolute Gasteiger partial charge is 0.481 e. The molecular formula is C27H29FN2O3. The van der Waals surface area contributed by atoms with Gasteiger partial charge in [0.05, 0.1) is 0 Å². The van der Waals surface area contributed by atoms with Crippen LogP contribution in [0.1, 0.15) is 24.5 Å². The molecule has 33 heavy (non-hydrogen) atoms. The predicted molar refractivity (Wildman–Crippen MR) is 126 cm³/mol. The maximum absolute atomic E-state index is 14.0. The van der Waals surface area contributed by atoms with Gasteiger partial charge in [0.1, 0.15) is 6.04 Å². The van der Waals surface area contributed by atoms with Gasteiger partial charge in [-0.15, -0.1) is 0 Å². The number of para-hydroxylation sites is 1. The summed E-state index contributed by atoms with van der Waals surface area (Å²) in [6.07, 6.45) is 1.14. The van der Waals surface area contributed by atoms with E-state index < -0.39 is 17.8 Å². The first-order valence-corrected chi connectivity index (χ1v) is 11.1.